The van der Waals surface area contributed by atoms with E-state index in [0.29, 0.717) is 11.6 Å². The molecule has 1 amide bonds. The minimum atomic E-state index is -0.673. The van der Waals surface area contributed by atoms with E-state index in [1.165, 1.54) is 22.6 Å². The molecule has 0 saturated carbocycles. The number of hydrogen-bond donors (Lipinski definition) is 1. The quantitative estimate of drug-likeness (QED) is 0.655. The second kappa shape index (κ2) is 8.03. The number of halogens is 1. The van der Waals surface area contributed by atoms with Gasteiger partial charge in [0.2, 0.25) is 0 Å². The van der Waals surface area contributed by atoms with Crippen molar-refractivity contribution in [3.63, 3.8) is 0 Å². The molecule has 6 heteroatoms. The third-order valence-corrected chi connectivity index (χ3v) is 4.13. The molecule has 2 aromatic carbocycles. The third-order valence-electron chi connectivity index (χ3n) is 3.89. The Labute approximate surface area is 152 Å². The second-order valence-corrected chi connectivity index (χ2v) is 6.42. The first-order valence-electron chi connectivity index (χ1n) is 7.80. The number of nitrogens with zero attached hydrogens (tertiary/aromatic N) is 1. The monoisotopic (exact) mass is 360 g/mol. The van der Waals surface area contributed by atoms with E-state index in [1.807, 2.05) is 26.0 Å². The number of ether oxygens (including phenoxy) is 1. The Kier molecular flexibility index (Phi) is 6.04. The van der Waals surface area contributed by atoms with Crippen LogP contribution in [0.5, 0.6) is 0 Å². The van der Waals surface area contributed by atoms with Crippen LogP contribution in [0.25, 0.3) is 0 Å². The van der Waals surface area contributed by atoms with Crippen LogP contribution in [0.3, 0.4) is 0 Å². The smallest absolute Gasteiger partial charge is 0.340 e. The van der Waals surface area contributed by atoms with Crippen molar-refractivity contribution in [1.82, 2.24) is 4.90 Å². The summed E-state index contributed by atoms with van der Waals surface area (Å²) in [5.74, 6) is -0.970. The molecule has 0 saturated heterocycles. The summed E-state index contributed by atoms with van der Waals surface area (Å²) in [6.07, 6.45) is 0. The van der Waals surface area contributed by atoms with Crippen molar-refractivity contribution in [3.8, 4) is 0 Å². The SMILES string of the molecule is Cc1ccc(CN(C)C(=O)COC(=O)c2cc(Cl)ccc2N)c(C)c1. The van der Waals surface area contributed by atoms with Gasteiger partial charge in [0.25, 0.3) is 5.91 Å². The molecular weight excluding hydrogens is 340 g/mol. The predicted octanol–water partition coefficient (Wildman–Crippen LogP) is 3.35. The number of benzene rings is 2. The minimum absolute atomic E-state index is 0.150. The molecule has 5 nitrogen and oxygen atoms in total. The second-order valence-electron chi connectivity index (χ2n) is 5.99. The highest BCUT2D eigenvalue weighted by atomic mass is 35.5. The zero-order valence-corrected chi connectivity index (χ0v) is 15.3. The Morgan fingerprint density at radius 3 is 2.56 bits per heavy atom. The lowest BCUT2D eigenvalue weighted by Crippen LogP contribution is -2.31. The molecule has 132 valence electrons. The van der Waals surface area contributed by atoms with Gasteiger partial charge in [0.05, 0.1) is 5.56 Å². The average Bonchev–Trinajstić information content (AvgIpc) is 2.56. The number of carbonyl (C=O) groups excluding carboxylic acids is 2. The Balaban J connectivity index is 1.95. The first kappa shape index (κ1) is 18.8. The van der Waals surface area contributed by atoms with Gasteiger partial charge in [-0.05, 0) is 43.2 Å². The molecule has 2 N–H and O–H groups in total. The van der Waals surface area contributed by atoms with Crippen LogP contribution in [0.1, 0.15) is 27.0 Å². The van der Waals surface area contributed by atoms with Crippen molar-refractivity contribution < 1.29 is 14.3 Å². The van der Waals surface area contributed by atoms with Crippen LogP contribution in [0.4, 0.5) is 5.69 Å². The number of aryl methyl sites for hydroxylation is 2. The molecular formula is C19H21ClN2O3. The van der Waals surface area contributed by atoms with Crippen LogP contribution in [0, 0.1) is 13.8 Å². The van der Waals surface area contributed by atoms with Gasteiger partial charge in [0, 0.05) is 24.3 Å². The summed E-state index contributed by atoms with van der Waals surface area (Å²) in [4.78, 5) is 25.8. The van der Waals surface area contributed by atoms with Crippen LogP contribution in [-0.2, 0) is 16.1 Å². The molecule has 0 unspecified atom stereocenters. The van der Waals surface area contributed by atoms with Gasteiger partial charge >= 0.3 is 5.97 Å². The van der Waals surface area contributed by atoms with Gasteiger partial charge in [-0.1, -0.05) is 35.4 Å². The van der Waals surface area contributed by atoms with Crippen molar-refractivity contribution in [1.29, 1.82) is 0 Å². The zero-order valence-electron chi connectivity index (χ0n) is 14.5. The number of likely N-dealkylation sites (N-methyl/N-ethyl adjacent to an activating group) is 1. The summed E-state index contributed by atoms with van der Waals surface area (Å²) >= 11 is 5.85. The van der Waals surface area contributed by atoms with Gasteiger partial charge in [0.15, 0.2) is 6.61 Å². The molecule has 0 radical (unpaired) electrons. The van der Waals surface area contributed by atoms with E-state index >= 15 is 0 Å². The number of nitrogens with two attached hydrogens (primary N) is 1. The Morgan fingerprint density at radius 1 is 1.16 bits per heavy atom. The van der Waals surface area contributed by atoms with Gasteiger partial charge in [-0.3, -0.25) is 4.79 Å². The van der Waals surface area contributed by atoms with Crippen LogP contribution in [-0.4, -0.2) is 30.4 Å². The lowest BCUT2D eigenvalue weighted by Gasteiger charge is -2.19. The number of esters is 1. The van der Waals surface area contributed by atoms with E-state index in [1.54, 1.807) is 13.1 Å². The standard InChI is InChI=1S/C19H21ClN2O3/c1-12-4-5-14(13(2)8-12)10-22(3)18(23)11-25-19(24)16-9-15(20)6-7-17(16)21/h4-9H,10-11,21H2,1-3H3. The van der Waals surface area contributed by atoms with Gasteiger partial charge in [-0.15, -0.1) is 0 Å². The van der Waals surface area contributed by atoms with E-state index < -0.39 is 5.97 Å². The molecule has 0 heterocycles. The minimum Gasteiger partial charge on any atom is -0.452 e. The lowest BCUT2D eigenvalue weighted by molar-refractivity contribution is -0.133. The number of carbonyl (C=O) groups is 2. The zero-order chi connectivity index (χ0) is 18.6. The van der Waals surface area contributed by atoms with Crippen molar-refractivity contribution in [2.45, 2.75) is 20.4 Å². The molecule has 0 fully saturated rings. The summed E-state index contributed by atoms with van der Waals surface area (Å²) in [6.45, 7) is 4.11. The molecule has 2 rings (SSSR count). The van der Waals surface area contributed by atoms with Crippen molar-refractivity contribution >= 4 is 29.2 Å². The Morgan fingerprint density at radius 2 is 1.88 bits per heavy atom. The first-order chi connectivity index (χ1) is 11.8. The molecule has 0 atom stereocenters. The van der Waals surface area contributed by atoms with Crippen molar-refractivity contribution in [3.05, 3.63) is 63.7 Å². The summed E-state index contributed by atoms with van der Waals surface area (Å²) in [5.41, 5.74) is 9.47. The Bertz CT molecular complexity index is 805. The average molecular weight is 361 g/mol. The van der Waals surface area contributed by atoms with Crippen LogP contribution < -0.4 is 5.73 Å². The summed E-state index contributed by atoms with van der Waals surface area (Å²) in [5, 5.41) is 0.374. The molecule has 0 aromatic heterocycles. The molecule has 0 aliphatic heterocycles. The number of anilines is 1. The molecule has 0 spiro atoms. The van der Waals surface area contributed by atoms with E-state index in [0.717, 1.165) is 11.1 Å². The molecule has 2 aromatic rings. The maximum absolute atomic E-state index is 12.2. The van der Waals surface area contributed by atoms with Crippen LogP contribution in [0.2, 0.25) is 5.02 Å². The van der Waals surface area contributed by atoms with Gasteiger partial charge < -0.3 is 15.4 Å². The first-order valence-corrected chi connectivity index (χ1v) is 8.18. The fourth-order valence-electron chi connectivity index (χ4n) is 2.39. The number of rotatable bonds is 5. The van der Waals surface area contributed by atoms with Gasteiger partial charge in [0.1, 0.15) is 0 Å². The highest BCUT2D eigenvalue weighted by molar-refractivity contribution is 6.31. The fraction of sp³-hybridized carbons (Fsp3) is 0.263. The van der Waals surface area contributed by atoms with E-state index in [4.69, 9.17) is 22.1 Å². The Hall–Kier alpha value is -2.53. The number of hydrogen-bond acceptors (Lipinski definition) is 4. The van der Waals surface area contributed by atoms with E-state index in [9.17, 15) is 9.59 Å². The maximum Gasteiger partial charge on any atom is 0.340 e. The maximum atomic E-state index is 12.2. The number of nitrogen functional groups attached to an aromatic ring is 1. The predicted molar refractivity (Wildman–Crippen MR) is 98.5 cm³/mol. The summed E-state index contributed by atoms with van der Waals surface area (Å²) in [6, 6.07) is 10.6. The fourth-order valence-corrected chi connectivity index (χ4v) is 2.56. The van der Waals surface area contributed by atoms with E-state index in [2.05, 4.69) is 6.07 Å². The highest BCUT2D eigenvalue weighted by Gasteiger charge is 2.16. The molecule has 0 aliphatic carbocycles. The third kappa shape index (κ3) is 4.97. The highest BCUT2D eigenvalue weighted by Crippen LogP contribution is 2.19. The van der Waals surface area contributed by atoms with Crippen LogP contribution in [0.15, 0.2) is 36.4 Å². The number of amides is 1. The van der Waals surface area contributed by atoms with Crippen molar-refractivity contribution in [2.75, 3.05) is 19.4 Å². The van der Waals surface area contributed by atoms with Crippen molar-refractivity contribution in [2.24, 2.45) is 0 Å². The van der Waals surface area contributed by atoms with Gasteiger partial charge in [-0.25, -0.2) is 4.79 Å². The van der Waals surface area contributed by atoms with Crippen LogP contribution >= 0.6 is 11.6 Å². The molecule has 0 aliphatic rings. The largest absolute Gasteiger partial charge is 0.452 e. The normalized spacial score (nSPS) is 10.4. The summed E-state index contributed by atoms with van der Waals surface area (Å²) < 4.78 is 5.07. The van der Waals surface area contributed by atoms with E-state index in [-0.39, 0.29) is 23.8 Å². The molecule has 0 bridgehead atoms. The summed E-state index contributed by atoms with van der Waals surface area (Å²) in [7, 11) is 1.67. The lowest BCUT2D eigenvalue weighted by atomic mass is 10.1. The topological polar surface area (TPSA) is 72.6 Å². The van der Waals surface area contributed by atoms with Gasteiger partial charge in [-0.2, -0.15) is 0 Å². The molecule has 25 heavy (non-hydrogen) atoms.